The molecule has 3 aromatic rings. The van der Waals surface area contributed by atoms with Crippen LogP contribution in [0.25, 0.3) is 5.69 Å². The van der Waals surface area contributed by atoms with E-state index in [1.807, 2.05) is 4.90 Å². The molecular weight excluding hydrogens is 570 g/mol. The Kier molecular flexibility index (Phi) is 8.37. The summed E-state index contributed by atoms with van der Waals surface area (Å²) in [5, 5.41) is 4.87. The Morgan fingerprint density at radius 3 is 2.51 bits per heavy atom. The minimum absolute atomic E-state index is 0.0236. The molecule has 1 aliphatic heterocycles. The van der Waals surface area contributed by atoms with Crippen LogP contribution in [0, 0.1) is 5.41 Å². The van der Waals surface area contributed by atoms with Crippen LogP contribution in [0.1, 0.15) is 35.7 Å². The zero-order valence-electron chi connectivity index (χ0n) is 22.9. The summed E-state index contributed by atoms with van der Waals surface area (Å²) in [7, 11) is -2.51. The van der Waals surface area contributed by atoms with E-state index in [1.165, 1.54) is 16.1 Å². The molecule has 0 spiro atoms. The van der Waals surface area contributed by atoms with Crippen LogP contribution in [-0.4, -0.2) is 68.4 Å². The monoisotopic (exact) mass is 601 g/mol. The Morgan fingerprint density at radius 2 is 1.83 bits per heavy atom. The normalized spacial score (nSPS) is 16.8. The van der Waals surface area contributed by atoms with E-state index in [4.69, 9.17) is 21.1 Å². The highest BCUT2D eigenvalue weighted by Crippen LogP contribution is 2.45. The number of halogens is 1. The van der Waals surface area contributed by atoms with Crippen LogP contribution in [0.2, 0.25) is 5.02 Å². The second-order valence-corrected chi connectivity index (χ2v) is 12.8. The molecule has 1 N–H and O–H groups in total. The van der Waals surface area contributed by atoms with Gasteiger partial charge in [0.05, 0.1) is 31.2 Å². The van der Waals surface area contributed by atoms with Crippen molar-refractivity contribution in [2.24, 2.45) is 5.41 Å². The van der Waals surface area contributed by atoms with Crippen molar-refractivity contribution < 1.29 is 22.7 Å². The van der Waals surface area contributed by atoms with E-state index in [1.54, 1.807) is 54.7 Å². The number of carbonyl (C=O) groups is 1. The number of rotatable bonds is 10. The van der Waals surface area contributed by atoms with E-state index in [0.29, 0.717) is 47.2 Å². The average Bonchev–Trinajstić information content (AvgIpc) is 3.72. The molecule has 2 aromatic carbocycles. The van der Waals surface area contributed by atoms with Crippen molar-refractivity contribution in [3.63, 3.8) is 0 Å². The van der Waals surface area contributed by atoms with E-state index in [2.05, 4.69) is 16.7 Å². The largest absolute Gasteiger partial charge is 0.486 e. The Bertz CT molecular complexity index is 1600. The molecule has 1 saturated carbocycles. The van der Waals surface area contributed by atoms with Gasteiger partial charge in [0.2, 0.25) is 5.75 Å². The third-order valence-electron chi connectivity index (χ3n) is 7.36. The Balaban J connectivity index is 1.30. The molecule has 41 heavy (non-hydrogen) atoms. The second-order valence-electron chi connectivity index (χ2n) is 10.6. The first-order valence-corrected chi connectivity index (χ1v) is 15.1. The topological polar surface area (TPSA) is 123 Å². The van der Waals surface area contributed by atoms with Crippen LogP contribution in [0.3, 0.4) is 0 Å². The minimum atomic E-state index is -3.80. The molecule has 218 valence electrons. The maximum atomic E-state index is 13.6. The highest BCUT2D eigenvalue weighted by molar-refractivity contribution is 7.87. The van der Waals surface area contributed by atoms with Crippen LogP contribution < -0.4 is 19.9 Å². The Hall–Kier alpha value is -3.45. The number of methoxy groups -OCH3 is 1. The van der Waals surface area contributed by atoms with Gasteiger partial charge >= 0.3 is 11.5 Å². The third-order valence-corrected chi connectivity index (χ3v) is 9.15. The summed E-state index contributed by atoms with van der Waals surface area (Å²) in [5.74, 6) is -0.303. The van der Waals surface area contributed by atoms with Crippen molar-refractivity contribution >= 4 is 33.5 Å². The van der Waals surface area contributed by atoms with Crippen LogP contribution in [-0.2, 0) is 21.5 Å². The fourth-order valence-electron chi connectivity index (χ4n) is 4.55. The number of hydrogen-bond donors (Lipinski definition) is 1. The molecule has 11 nitrogen and oxygen atoms in total. The number of esters is 1. The number of hydrogen-bond acceptors (Lipinski definition) is 8. The zero-order valence-corrected chi connectivity index (χ0v) is 24.4. The lowest BCUT2D eigenvalue weighted by atomic mass is 10.1. The van der Waals surface area contributed by atoms with Gasteiger partial charge in [0.25, 0.3) is 10.2 Å². The molecule has 0 radical (unpaired) electrons. The van der Waals surface area contributed by atoms with Crippen molar-refractivity contribution in [3.05, 3.63) is 81.2 Å². The van der Waals surface area contributed by atoms with Gasteiger partial charge in [-0.3, -0.25) is 4.79 Å². The Labute approximate surface area is 243 Å². The van der Waals surface area contributed by atoms with Gasteiger partial charge < -0.3 is 14.4 Å². The lowest BCUT2D eigenvalue weighted by Crippen LogP contribution is -2.52. The maximum Gasteiger partial charge on any atom is 0.337 e. The first kappa shape index (κ1) is 29.1. The first-order chi connectivity index (χ1) is 19.6. The van der Waals surface area contributed by atoms with Crippen LogP contribution in [0.15, 0.2) is 59.5 Å². The SMILES string of the molecule is COC(=O)c1cccc(CNS(=O)(=O)N2CCN(c3cnn(-c4cccc(Cl)c4)c(=O)c3OCC3(C)CC3)CC2)c1. The van der Waals surface area contributed by atoms with E-state index in [9.17, 15) is 18.0 Å². The molecular formula is C28H32ClN5O6S. The lowest BCUT2D eigenvalue weighted by molar-refractivity contribution is 0.0600. The first-order valence-electron chi connectivity index (χ1n) is 13.3. The molecule has 13 heteroatoms. The number of ether oxygens (including phenoxy) is 2. The highest BCUT2D eigenvalue weighted by Gasteiger charge is 2.39. The number of aromatic nitrogens is 2. The molecule has 0 amide bonds. The summed E-state index contributed by atoms with van der Waals surface area (Å²) in [5.41, 5.74) is 1.67. The third kappa shape index (κ3) is 6.72. The van der Waals surface area contributed by atoms with Gasteiger partial charge in [0.15, 0.2) is 0 Å². The Morgan fingerprint density at radius 1 is 1.10 bits per heavy atom. The summed E-state index contributed by atoms with van der Waals surface area (Å²) in [6.45, 7) is 3.63. The summed E-state index contributed by atoms with van der Waals surface area (Å²) >= 11 is 6.14. The molecule has 0 bridgehead atoms. The van der Waals surface area contributed by atoms with Crippen molar-refractivity contribution in [1.82, 2.24) is 18.8 Å². The van der Waals surface area contributed by atoms with E-state index in [0.717, 1.165) is 12.8 Å². The predicted molar refractivity (Wildman–Crippen MR) is 155 cm³/mol. The van der Waals surface area contributed by atoms with E-state index in [-0.39, 0.29) is 30.8 Å². The predicted octanol–water partition coefficient (Wildman–Crippen LogP) is 3.01. The van der Waals surface area contributed by atoms with Gasteiger partial charge in [-0.15, -0.1) is 0 Å². The van der Waals surface area contributed by atoms with Crippen LogP contribution >= 0.6 is 11.6 Å². The molecule has 1 aliphatic carbocycles. The van der Waals surface area contributed by atoms with E-state index >= 15 is 0 Å². The molecule has 1 saturated heterocycles. The van der Waals surface area contributed by atoms with Gasteiger partial charge in [0, 0.05) is 43.2 Å². The van der Waals surface area contributed by atoms with Crippen LogP contribution in [0.5, 0.6) is 5.75 Å². The summed E-state index contributed by atoms with van der Waals surface area (Å²) in [6, 6.07) is 13.5. The van der Waals surface area contributed by atoms with Gasteiger partial charge in [0.1, 0.15) is 5.69 Å². The second kappa shape index (κ2) is 11.8. The number of benzene rings is 2. The van der Waals surface area contributed by atoms with Gasteiger partial charge in [-0.2, -0.15) is 27.2 Å². The standard InChI is InChI=1S/C28H32ClN5O6S/c1-28(9-10-28)19-40-25-24(18-30-34(26(25)35)23-8-4-7-22(29)16-23)32-11-13-33(14-12-32)41(37,38)31-17-20-5-3-6-21(15-20)27(36)39-2/h3-8,15-16,18,31H,9-14,17,19H2,1-2H3. The zero-order chi connectivity index (χ0) is 29.2. The maximum absolute atomic E-state index is 13.6. The van der Waals surface area contributed by atoms with Gasteiger partial charge in [-0.05, 0) is 48.7 Å². The molecule has 2 heterocycles. The number of piperazine rings is 1. The van der Waals surface area contributed by atoms with Gasteiger partial charge in [-0.1, -0.05) is 36.7 Å². The van der Waals surface area contributed by atoms with Crippen LogP contribution in [0.4, 0.5) is 5.69 Å². The smallest absolute Gasteiger partial charge is 0.337 e. The summed E-state index contributed by atoms with van der Waals surface area (Å²) < 4.78 is 42.2. The average molecular weight is 602 g/mol. The number of nitrogens with one attached hydrogen (secondary N) is 1. The quantitative estimate of drug-likeness (QED) is 0.352. The molecule has 5 rings (SSSR count). The summed E-state index contributed by atoms with van der Waals surface area (Å²) in [4.78, 5) is 27.3. The number of anilines is 1. The number of nitrogens with zero attached hydrogens (tertiary/aromatic N) is 4. The van der Waals surface area contributed by atoms with Crippen molar-refractivity contribution in [2.75, 3.05) is 44.8 Å². The molecule has 0 unspecified atom stereocenters. The molecule has 1 aromatic heterocycles. The summed E-state index contributed by atoms with van der Waals surface area (Å²) in [6.07, 6.45) is 3.66. The van der Waals surface area contributed by atoms with E-state index < -0.39 is 21.7 Å². The number of carbonyl (C=O) groups excluding carboxylic acids is 1. The lowest BCUT2D eigenvalue weighted by Gasteiger charge is -2.35. The van der Waals surface area contributed by atoms with Crippen molar-refractivity contribution in [1.29, 1.82) is 0 Å². The molecule has 0 atom stereocenters. The van der Waals surface area contributed by atoms with Gasteiger partial charge in [-0.25, -0.2) is 4.79 Å². The minimum Gasteiger partial charge on any atom is -0.486 e. The highest BCUT2D eigenvalue weighted by atomic mass is 35.5. The fourth-order valence-corrected chi connectivity index (χ4v) is 5.91. The molecule has 2 aliphatic rings. The molecule has 2 fully saturated rings. The fraction of sp³-hybridized carbons (Fsp3) is 0.393. The van der Waals surface area contributed by atoms with Crippen molar-refractivity contribution in [2.45, 2.75) is 26.3 Å². The van der Waals surface area contributed by atoms with Crippen molar-refractivity contribution in [3.8, 4) is 11.4 Å².